The van der Waals surface area contributed by atoms with Crippen molar-refractivity contribution in [2.75, 3.05) is 0 Å². The van der Waals surface area contributed by atoms with Gasteiger partial charge < -0.3 is 15.8 Å². The number of carboxylic acids is 1. The molecule has 1 unspecified atom stereocenters. The lowest BCUT2D eigenvalue weighted by atomic mass is 10.0. The zero-order chi connectivity index (χ0) is 12.6. The van der Waals surface area contributed by atoms with Crippen LogP contribution in [0.25, 0.3) is 10.9 Å². The van der Waals surface area contributed by atoms with Gasteiger partial charge in [-0.05, 0) is 36.6 Å². The molecule has 90 valence electrons. The topological polar surface area (TPSA) is 79.1 Å². The van der Waals surface area contributed by atoms with Crippen LogP contribution in [0, 0.1) is 6.92 Å². The van der Waals surface area contributed by atoms with Crippen molar-refractivity contribution in [1.82, 2.24) is 4.98 Å². The second-order valence-corrected chi connectivity index (χ2v) is 4.53. The first-order valence-corrected chi connectivity index (χ1v) is 5.61. The van der Waals surface area contributed by atoms with Crippen molar-refractivity contribution in [1.29, 1.82) is 0 Å². The molecule has 0 aliphatic heterocycles. The maximum atomic E-state index is 10.7. The first-order valence-electron chi connectivity index (χ1n) is 5.23. The van der Waals surface area contributed by atoms with Gasteiger partial charge in [-0.15, -0.1) is 0 Å². The second-order valence-electron chi connectivity index (χ2n) is 4.12. The van der Waals surface area contributed by atoms with Crippen molar-refractivity contribution in [3.63, 3.8) is 0 Å². The van der Waals surface area contributed by atoms with Crippen LogP contribution < -0.4 is 5.73 Å². The SMILES string of the molecule is Cc1c[nH]c2c(Cl)cc(CC(N)C(=O)O)cc12. The number of nitrogens with two attached hydrogens (primary N) is 1. The number of aromatic nitrogens is 1. The number of aliphatic carboxylic acids is 1. The fourth-order valence-electron chi connectivity index (χ4n) is 1.84. The summed E-state index contributed by atoms with van der Waals surface area (Å²) in [5.41, 5.74) is 8.29. The summed E-state index contributed by atoms with van der Waals surface area (Å²) in [6.45, 7) is 1.97. The second kappa shape index (κ2) is 4.39. The normalized spacial score (nSPS) is 12.9. The molecule has 4 N–H and O–H groups in total. The zero-order valence-corrected chi connectivity index (χ0v) is 10.1. The Morgan fingerprint density at radius 2 is 2.29 bits per heavy atom. The summed E-state index contributed by atoms with van der Waals surface area (Å²) < 4.78 is 0. The maximum absolute atomic E-state index is 10.7. The van der Waals surface area contributed by atoms with Crippen LogP contribution in [0.3, 0.4) is 0 Å². The van der Waals surface area contributed by atoms with E-state index in [1.165, 1.54) is 0 Å². The van der Waals surface area contributed by atoms with E-state index in [2.05, 4.69) is 4.98 Å². The Morgan fingerprint density at radius 1 is 1.59 bits per heavy atom. The van der Waals surface area contributed by atoms with Crippen molar-refractivity contribution in [2.45, 2.75) is 19.4 Å². The fourth-order valence-corrected chi connectivity index (χ4v) is 2.13. The molecule has 1 atom stereocenters. The Balaban J connectivity index is 2.42. The molecule has 1 aromatic heterocycles. The first kappa shape index (κ1) is 12.0. The van der Waals surface area contributed by atoms with Crippen molar-refractivity contribution in [2.24, 2.45) is 5.73 Å². The molecule has 0 radical (unpaired) electrons. The maximum Gasteiger partial charge on any atom is 0.320 e. The Bertz CT molecular complexity index is 577. The van der Waals surface area contributed by atoms with Gasteiger partial charge in [0, 0.05) is 11.6 Å². The van der Waals surface area contributed by atoms with Crippen molar-refractivity contribution in [3.8, 4) is 0 Å². The highest BCUT2D eigenvalue weighted by atomic mass is 35.5. The van der Waals surface area contributed by atoms with Crippen molar-refractivity contribution < 1.29 is 9.90 Å². The summed E-state index contributed by atoms with van der Waals surface area (Å²) in [6, 6.07) is 2.78. The van der Waals surface area contributed by atoms with Gasteiger partial charge in [0.25, 0.3) is 0 Å². The number of halogens is 1. The van der Waals surface area contributed by atoms with E-state index in [0.717, 1.165) is 22.0 Å². The number of fused-ring (bicyclic) bond motifs is 1. The van der Waals surface area contributed by atoms with Gasteiger partial charge in [0.15, 0.2) is 0 Å². The van der Waals surface area contributed by atoms with Gasteiger partial charge in [0.2, 0.25) is 0 Å². The van der Waals surface area contributed by atoms with E-state index in [-0.39, 0.29) is 6.42 Å². The molecule has 17 heavy (non-hydrogen) atoms. The molecule has 0 amide bonds. The summed E-state index contributed by atoms with van der Waals surface area (Å²) in [5, 5.41) is 10.4. The molecule has 5 heteroatoms. The van der Waals surface area contributed by atoms with Gasteiger partial charge in [-0.3, -0.25) is 4.79 Å². The zero-order valence-electron chi connectivity index (χ0n) is 9.33. The van der Waals surface area contributed by atoms with Crippen molar-refractivity contribution in [3.05, 3.63) is 34.5 Å². The van der Waals surface area contributed by atoms with Gasteiger partial charge in [-0.1, -0.05) is 11.6 Å². The Labute approximate surface area is 103 Å². The number of hydrogen-bond donors (Lipinski definition) is 3. The molecular weight excluding hydrogens is 240 g/mol. The third-order valence-electron chi connectivity index (χ3n) is 2.78. The highest BCUT2D eigenvalue weighted by Gasteiger charge is 2.14. The van der Waals surface area contributed by atoms with Crippen LogP contribution in [0.1, 0.15) is 11.1 Å². The Kier molecular flexibility index (Phi) is 3.09. The number of H-pyrrole nitrogens is 1. The highest BCUT2D eigenvalue weighted by molar-refractivity contribution is 6.35. The van der Waals surface area contributed by atoms with Crippen LogP contribution in [0.5, 0.6) is 0 Å². The summed E-state index contributed by atoms with van der Waals surface area (Å²) in [5.74, 6) is -1.01. The molecule has 2 aromatic rings. The standard InChI is InChI=1S/C12H13ClN2O2/c1-6-5-15-11-8(6)2-7(3-9(11)13)4-10(14)12(16)17/h2-3,5,10,15H,4,14H2,1H3,(H,16,17). The largest absolute Gasteiger partial charge is 0.480 e. The lowest BCUT2D eigenvalue weighted by Crippen LogP contribution is -2.32. The van der Waals surface area contributed by atoms with Crippen LogP contribution in [-0.2, 0) is 11.2 Å². The van der Waals surface area contributed by atoms with Crippen LogP contribution in [0.15, 0.2) is 18.3 Å². The van der Waals surface area contributed by atoms with E-state index in [9.17, 15) is 4.79 Å². The van der Waals surface area contributed by atoms with Crippen molar-refractivity contribution >= 4 is 28.5 Å². The number of benzene rings is 1. The predicted molar refractivity (Wildman–Crippen MR) is 67.4 cm³/mol. The van der Waals surface area contributed by atoms with Gasteiger partial charge in [0.05, 0.1) is 10.5 Å². The van der Waals surface area contributed by atoms with E-state index < -0.39 is 12.0 Å². The number of carbonyl (C=O) groups is 1. The molecule has 1 aromatic carbocycles. The lowest BCUT2D eigenvalue weighted by molar-refractivity contribution is -0.138. The molecule has 0 fully saturated rings. The minimum atomic E-state index is -1.01. The molecular formula is C12H13ClN2O2. The van der Waals surface area contributed by atoms with Gasteiger partial charge in [0.1, 0.15) is 6.04 Å². The fraction of sp³-hybridized carbons (Fsp3) is 0.250. The average Bonchev–Trinajstić information content (AvgIpc) is 2.61. The Hall–Kier alpha value is -1.52. The minimum Gasteiger partial charge on any atom is -0.480 e. The number of aryl methyl sites for hydroxylation is 1. The number of rotatable bonds is 3. The number of aromatic amines is 1. The van der Waals surface area contributed by atoms with Crippen LogP contribution in [0.4, 0.5) is 0 Å². The molecule has 0 aliphatic carbocycles. The summed E-state index contributed by atoms with van der Waals surface area (Å²) in [6.07, 6.45) is 2.15. The lowest BCUT2D eigenvalue weighted by Gasteiger charge is -2.07. The summed E-state index contributed by atoms with van der Waals surface area (Å²) in [4.78, 5) is 13.8. The molecule has 0 saturated heterocycles. The average molecular weight is 253 g/mol. The molecule has 0 aliphatic rings. The summed E-state index contributed by atoms with van der Waals surface area (Å²) >= 11 is 6.12. The quantitative estimate of drug-likeness (QED) is 0.783. The van der Waals surface area contributed by atoms with E-state index in [0.29, 0.717) is 5.02 Å². The van der Waals surface area contributed by atoms with Gasteiger partial charge in [-0.25, -0.2) is 0 Å². The van der Waals surface area contributed by atoms with E-state index in [4.69, 9.17) is 22.4 Å². The molecule has 4 nitrogen and oxygen atoms in total. The monoisotopic (exact) mass is 252 g/mol. The third kappa shape index (κ3) is 2.28. The highest BCUT2D eigenvalue weighted by Crippen LogP contribution is 2.27. The van der Waals surface area contributed by atoms with E-state index >= 15 is 0 Å². The molecule has 0 saturated carbocycles. The summed E-state index contributed by atoms with van der Waals surface area (Å²) in [7, 11) is 0. The number of nitrogens with one attached hydrogen (secondary N) is 1. The number of hydrogen-bond acceptors (Lipinski definition) is 2. The van der Waals surface area contributed by atoms with E-state index in [1.807, 2.05) is 19.2 Å². The molecule has 0 spiro atoms. The molecule has 2 rings (SSSR count). The van der Waals surface area contributed by atoms with Crippen LogP contribution in [0.2, 0.25) is 5.02 Å². The van der Waals surface area contributed by atoms with Gasteiger partial charge >= 0.3 is 5.97 Å². The third-order valence-corrected chi connectivity index (χ3v) is 3.08. The van der Waals surface area contributed by atoms with Gasteiger partial charge in [-0.2, -0.15) is 0 Å². The van der Waals surface area contributed by atoms with E-state index in [1.54, 1.807) is 6.07 Å². The minimum absolute atomic E-state index is 0.273. The van der Waals surface area contributed by atoms with Crippen LogP contribution >= 0.6 is 11.6 Å². The predicted octanol–water partition coefficient (Wildman–Crippen LogP) is 2.08. The number of carboxylic acid groups (broad SMARTS) is 1. The molecule has 1 heterocycles. The Morgan fingerprint density at radius 3 is 2.94 bits per heavy atom. The first-order chi connectivity index (χ1) is 7.99. The molecule has 0 bridgehead atoms. The smallest absolute Gasteiger partial charge is 0.320 e. The van der Waals surface area contributed by atoms with Crippen LogP contribution in [-0.4, -0.2) is 22.1 Å².